The fourth-order valence-corrected chi connectivity index (χ4v) is 3.63. The Kier molecular flexibility index (Phi) is 6.89. The van der Waals surface area contributed by atoms with Gasteiger partial charge in [-0.1, -0.05) is 0 Å². The quantitative estimate of drug-likeness (QED) is 0.622. The van der Waals surface area contributed by atoms with Crippen LogP contribution >= 0.6 is 19.3 Å². The van der Waals surface area contributed by atoms with Crippen LogP contribution in [0.5, 0.6) is 0 Å². The molecule has 1 heterocycles. The lowest BCUT2D eigenvalue weighted by Gasteiger charge is -2.28. The Morgan fingerprint density at radius 3 is 3.06 bits per heavy atom. The molecule has 1 saturated heterocycles. The summed E-state index contributed by atoms with van der Waals surface area (Å²) in [4.78, 5) is 0. The predicted molar refractivity (Wildman–Crippen MR) is 65.0 cm³/mol. The van der Waals surface area contributed by atoms with E-state index in [4.69, 9.17) is 20.6 Å². The molecule has 0 aromatic heterocycles. The topological polar surface area (TPSA) is 50.8 Å². The number of nitrogens with zero attached hydrogens (tertiary/aromatic N) is 1. The summed E-state index contributed by atoms with van der Waals surface area (Å²) in [5, 5.41) is 3.25. The first-order chi connectivity index (χ1) is 7.73. The van der Waals surface area contributed by atoms with Gasteiger partial charge in [-0.3, -0.25) is 9.05 Å². The summed E-state index contributed by atoms with van der Waals surface area (Å²) in [5.74, 6) is 0.417. The number of halogens is 1. The maximum Gasteiger partial charge on any atom is 0.408 e. The van der Waals surface area contributed by atoms with Gasteiger partial charge in [0.25, 0.3) is 0 Å². The van der Waals surface area contributed by atoms with Crippen LogP contribution in [0, 0.1) is 0 Å². The largest absolute Gasteiger partial charge is 0.408 e. The first kappa shape index (κ1) is 14.4. The molecule has 0 bridgehead atoms. The smallest absolute Gasteiger partial charge is 0.315 e. The molecule has 7 heteroatoms. The molecule has 0 spiro atoms. The van der Waals surface area contributed by atoms with Crippen LogP contribution in [-0.2, 0) is 13.6 Å². The average Bonchev–Trinajstić information content (AvgIpc) is 2.33. The van der Waals surface area contributed by atoms with Crippen molar-refractivity contribution in [3.05, 3.63) is 0 Å². The first-order valence-electron chi connectivity index (χ1n) is 5.64. The van der Waals surface area contributed by atoms with Crippen molar-refractivity contribution in [1.82, 2.24) is 9.99 Å². The van der Waals surface area contributed by atoms with Gasteiger partial charge in [-0.25, -0.2) is 9.24 Å². The maximum absolute atomic E-state index is 12.5. The standard InChI is InChI=1S/C9H20ClN2O3P/c1-2-14-16(13)12(7-4-10)8-6-11-5-3-9-15-16/h11H,2-9H2,1H3. The Labute approximate surface area is 102 Å². The van der Waals surface area contributed by atoms with Crippen molar-refractivity contribution >= 4 is 19.3 Å². The van der Waals surface area contributed by atoms with Crippen molar-refractivity contribution in [2.45, 2.75) is 13.3 Å². The van der Waals surface area contributed by atoms with E-state index in [2.05, 4.69) is 5.32 Å². The van der Waals surface area contributed by atoms with Gasteiger partial charge >= 0.3 is 7.75 Å². The van der Waals surface area contributed by atoms with E-state index in [0.717, 1.165) is 19.5 Å². The summed E-state index contributed by atoms with van der Waals surface area (Å²) >= 11 is 5.70. The molecule has 0 amide bonds. The Morgan fingerprint density at radius 2 is 2.38 bits per heavy atom. The summed E-state index contributed by atoms with van der Waals surface area (Å²) < 4.78 is 24.9. The van der Waals surface area contributed by atoms with Crippen LogP contribution in [0.3, 0.4) is 0 Å². The van der Waals surface area contributed by atoms with Crippen molar-refractivity contribution in [2.24, 2.45) is 0 Å². The Hall–Kier alpha value is 0.360. The second kappa shape index (κ2) is 7.64. The van der Waals surface area contributed by atoms with Crippen molar-refractivity contribution < 1.29 is 13.6 Å². The fourth-order valence-electron chi connectivity index (χ4n) is 1.53. The molecule has 1 N–H and O–H groups in total. The van der Waals surface area contributed by atoms with Gasteiger partial charge in [0, 0.05) is 25.5 Å². The highest BCUT2D eigenvalue weighted by molar-refractivity contribution is 7.51. The summed E-state index contributed by atoms with van der Waals surface area (Å²) in [6.45, 7) is 5.43. The van der Waals surface area contributed by atoms with Crippen molar-refractivity contribution in [2.75, 3.05) is 45.3 Å². The highest BCUT2D eigenvalue weighted by atomic mass is 35.5. The van der Waals surface area contributed by atoms with Crippen LogP contribution in [0.25, 0.3) is 0 Å². The summed E-state index contributed by atoms with van der Waals surface area (Å²) in [6, 6.07) is 0. The van der Waals surface area contributed by atoms with E-state index in [1.807, 2.05) is 6.92 Å². The molecule has 1 unspecified atom stereocenters. The van der Waals surface area contributed by atoms with Crippen LogP contribution < -0.4 is 5.32 Å². The van der Waals surface area contributed by atoms with E-state index in [9.17, 15) is 4.57 Å². The molecule has 0 saturated carbocycles. The molecule has 96 valence electrons. The number of nitrogens with one attached hydrogen (secondary N) is 1. The van der Waals surface area contributed by atoms with Gasteiger partial charge in [0.1, 0.15) is 0 Å². The molecule has 5 nitrogen and oxygen atoms in total. The monoisotopic (exact) mass is 270 g/mol. The van der Waals surface area contributed by atoms with Crippen LogP contribution in [0.2, 0.25) is 0 Å². The summed E-state index contributed by atoms with van der Waals surface area (Å²) in [5.41, 5.74) is 0. The highest BCUT2D eigenvalue weighted by Crippen LogP contribution is 2.51. The van der Waals surface area contributed by atoms with E-state index in [1.165, 1.54) is 0 Å². The zero-order valence-corrected chi connectivity index (χ0v) is 11.3. The number of hydrogen-bond donors (Lipinski definition) is 1. The van der Waals surface area contributed by atoms with E-state index in [-0.39, 0.29) is 0 Å². The summed E-state index contributed by atoms with van der Waals surface area (Å²) in [7, 11) is -3.13. The lowest BCUT2D eigenvalue weighted by molar-refractivity contribution is 0.167. The van der Waals surface area contributed by atoms with Crippen LogP contribution in [0.1, 0.15) is 13.3 Å². The van der Waals surface area contributed by atoms with Gasteiger partial charge in [0.05, 0.1) is 13.2 Å². The third-order valence-electron chi connectivity index (χ3n) is 2.28. The van der Waals surface area contributed by atoms with Gasteiger partial charge in [0.2, 0.25) is 0 Å². The lowest BCUT2D eigenvalue weighted by atomic mass is 10.4. The molecular weight excluding hydrogens is 251 g/mol. The average molecular weight is 271 g/mol. The third kappa shape index (κ3) is 4.32. The molecule has 1 aliphatic rings. The van der Waals surface area contributed by atoms with Crippen LogP contribution in [0.4, 0.5) is 0 Å². The van der Waals surface area contributed by atoms with Gasteiger partial charge in [-0.15, -0.1) is 11.6 Å². The van der Waals surface area contributed by atoms with Crippen molar-refractivity contribution in [1.29, 1.82) is 0 Å². The Morgan fingerprint density at radius 1 is 1.56 bits per heavy atom. The van der Waals surface area contributed by atoms with Gasteiger partial charge in [-0.05, 0) is 19.9 Å². The number of rotatable bonds is 4. The molecule has 1 aliphatic heterocycles. The molecule has 1 fully saturated rings. The summed E-state index contributed by atoms with van der Waals surface area (Å²) in [6.07, 6.45) is 0.839. The van der Waals surface area contributed by atoms with Crippen molar-refractivity contribution in [3.63, 3.8) is 0 Å². The van der Waals surface area contributed by atoms with Gasteiger partial charge in [0.15, 0.2) is 0 Å². The van der Waals surface area contributed by atoms with E-state index in [0.29, 0.717) is 32.2 Å². The minimum atomic E-state index is -3.13. The molecule has 0 aromatic rings. The fraction of sp³-hybridized carbons (Fsp3) is 1.00. The Balaban J connectivity index is 2.70. The van der Waals surface area contributed by atoms with Crippen molar-refractivity contribution in [3.8, 4) is 0 Å². The number of alkyl halides is 1. The van der Waals surface area contributed by atoms with Gasteiger partial charge in [-0.2, -0.15) is 0 Å². The Bertz CT molecular complexity index is 243. The van der Waals surface area contributed by atoms with E-state index < -0.39 is 7.75 Å². The first-order valence-corrected chi connectivity index (χ1v) is 7.67. The molecule has 1 atom stereocenters. The zero-order chi connectivity index (χ0) is 11.9. The third-order valence-corrected chi connectivity index (χ3v) is 4.64. The second-order valence-electron chi connectivity index (χ2n) is 3.47. The van der Waals surface area contributed by atoms with Crippen LogP contribution in [-0.4, -0.2) is 49.9 Å². The maximum atomic E-state index is 12.5. The van der Waals surface area contributed by atoms with Gasteiger partial charge < -0.3 is 5.32 Å². The number of hydrogen-bond acceptors (Lipinski definition) is 4. The second-order valence-corrected chi connectivity index (χ2v) is 5.86. The normalized spacial score (nSPS) is 29.4. The lowest BCUT2D eigenvalue weighted by Crippen LogP contribution is -2.31. The minimum absolute atomic E-state index is 0.378. The van der Waals surface area contributed by atoms with E-state index >= 15 is 0 Å². The molecule has 0 radical (unpaired) electrons. The molecule has 16 heavy (non-hydrogen) atoms. The minimum Gasteiger partial charge on any atom is -0.315 e. The predicted octanol–water partition coefficient (Wildman–Crippen LogP) is 1.68. The van der Waals surface area contributed by atoms with Crippen LogP contribution in [0.15, 0.2) is 0 Å². The molecule has 0 aliphatic carbocycles. The van der Waals surface area contributed by atoms with E-state index in [1.54, 1.807) is 4.67 Å². The highest BCUT2D eigenvalue weighted by Gasteiger charge is 2.32. The molecule has 1 rings (SSSR count). The SMILES string of the molecule is CCOP1(=O)OCCCNCCN1CCCl. The molecular formula is C9H20ClN2O3P. The molecule has 0 aromatic carbocycles. The zero-order valence-electron chi connectivity index (χ0n) is 9.65.